The molecule has 188 valence electrons. The molecule has 0 bridgehead atoms. The van der Waals surface area contributed by atoms with Crippen molar-refractivity contribution >= 4 is 35.1 Å². The summed E-state index contributed by atoms with van der Waals surface area (Å²) in [5.74, 6) is -2.90. The lowest BCUT2D eigenvalue weighted by Crippen LogP contribution is -2.40. The van der Waals surface area contributed by atoms with Gasteiger partial charge in [-0.2, -0.15) is 0 Å². The maximum atomic E-state index is 13.7. The number of aliphatic imine (C=N–C) groups is 1. The Labute approximate surface area is 208 Å². The van der Waals surface area contributed by atoms with E-state index in [2.05, 4.69) is 27.0 Å². The van der Waals surface area contributed by atoms with Crippen LogP contribution in [-0.4, -0.2) is 43.1 Å². The third-order valence-electron chi connectivity index (χ3n) is 6.04. The van der Waals surface area contributed by atoms with Crippen molar-refractivity contribution in [2.24, 2.45) is 22.4 Å². The van der Waals surface area contributed by atoms with E-state index in [1.165, 1.54) is 12.1 Å². The van der Waals surface area contributed by atoms with E-state index in [0.29, 0.717) is 19.4 Å². The Kier molecular flexibility index (Phi) is 9.02. The number of guanidine groups is 1. The highest BCUT2D eigenvalue weighted by Crippen LogP contribution is 2.48. The summed E-state index contributed by atoms with van der Waals surface area (Å²) in [6.07, 6.45) is 1.21. The molecule has 2 aromatic rings. The molecule has 0 aromatic heterocycles. The van der Waals surface area contributed by atoms with E-state index in [1.54, 1.807) is 0 Å². The minimum absolute atomic E-state index is 0.0220. The first-order valence-corrected chi connectivity index (χ1v) is 11.6. The summed E-state index contributed by atoms with van der Waals surface area (Å²) in [6, 6.07) is 9.14. The third kappa shape index (κ3) is 6.47. The Bertz CT molecular complexity index is 1110. The van der Waals surface area contributed by atoms with Crippen LogP contribution in [0.25, 0.3) is 0 Å². The lowest BCUT2D eigenvalue weighted by molar-refractivity contribution is -0.136. The van der Waals surface area contributed by atoms with Gasteiger partial charge in [0.25, 0.3) is 0 Å². The van der Waals surface area contributed by atoms with Gasteiger partial charge < -0.3 is 32.5 Å². The van der Waals surface area contributed by atoms with Crippen LogP contribution >= 0.6 is 11.6 Å². The number of fused-ring (bicyclic) bond motifs is 1. The highest BCUT2D eigenvalue weighted by atomic mass is 35.5. The molecule has 0 saturated heterocycles. The van der Waals surface area contributed by atoms with Crippen LogP contribution in [0.1, 0.15) is 41.5 Å². The van der Waals surface area contributed by atoms with Crippen LogP contribution in [0, 0.1) is 11.7 Å². The molecule has 1 aliphatic carbocycles. The summed E-state index contributed by atoms with van der Waals surface area (Å²) in [5, 5.41) is 17.7. The van der Waals surface area contributed by atoms with Gasteiger partial charge in [-0.25, -0.2) is 4.39 Å². The van der Waals surface area contributed by atoms with Crippen molar-refractivity contribution in [2.75, 3.05) is 25.5 Å². The number of aliphatic hydroxyl groups is 1. The van der Waals surface area contributed by atoms with Crippen molar-refractivity contribution in [1.29, 1.82) is 0 Å². The van der Waals surface area contributed by atoms with Crippen LogP contribution in [0.15, 0.2) is 41.4 Å². The highest BCUT2D eigenvalue weighted by Gasteiger charge is 2.41. The van der Waals surface area contributed by atoms with Gasteiger partial charge in [0.05, 0.1) is 11.1 Å². The Morgan fingerprint density at radius 2 is 1.91 bits per heavy atom. The fourth-order valence-electron chi connectivity index (χ4n) is 4.51. The molecule has 9 nitrogen and oxygen atoms in total. The molecule has 0 radical (unpaired) electrons. The van der Waals surface area contributed by atoms with Gasteiger partial charge in [0, 0.05) is 31.3 Å². The quantitative estimate of drug-likeness (QED) is 0.174. The Morgan fingerprint density at radius 1 is 1.14 bits per heavy atom. The zero-order valence-corrected chi connectivity index (χ0v) is 20.1. The molecule has 2 amide bonds. The Hall–Kier alpha value is -3.21. The largest absolute Gasteiger partial charge is 0.396 e. The van der Waals surface area contributed by atoms with E-state index in [0.717, 1.165) is 22.8 Å². The van der Waals surface area contributed by atoms with Gasteiger partial charge in [-0.3, -0.25) is 14.6 Å². The first-order chi connectivity index (χ1) is 16.7. The number of nitrogens with two attached hydrogens (primary N) is 2. The molecule has 0 fully saturated rings. The average molecular weight is 505 g/mol. The molecule has 3 rings (SSSR count). The van der Waals surface area contributed by atoms with E-state index >= 15 is 0 Å². The third-order valence-corrected chi connectivity index (χ3v) is 6.35. The maximum Gasteiger partial charge on any atom is 0.313 e. The number of anilines is 1. The number of halogens is 2. The van der Waals surface area contributed by atoms with Gasteiger partial charge >= 0.3 is 11.8 Å². The molecule has 8 N–H and O–H groups in total. The fourth-order valence-corrected chi connectivity index (χ4v) is 4.63. The molecule has 0 heterocycles. The molecule has 3 atom stereocenters. The van der Waals surface area contributed by atoms with Gasteiger partial charge in [-0.05, 0) is 60.7 Å². The summed E-state index contributed by atoms with van der Waals surface area (Å²) < 4.78 is 13.7. The predicted octanol–water partition coefficient (Wildman–Crippen LogP) is 1.75. The van der Waals surface area contributed by atoms with Crippen molar-refractivity contribution in [2.45, 2.75) is 31.3 Å². The highest BCUT2D eigenvalue weighted by molar-refractivity contribution is 6.39. The molecule has 2 aromatic carbocycles. The molecule has 0 aliphatic heterocycles. The molecular formula is C24H30ClFN6O3. The van der Waals surface area contributed by atoms with Crippen LogP contribution in [0.2, 0.25) is 5.02 Å². The summed E-state index contributed by atoms with van der Waals surface area (Å²) in [4.78, 5) is 29.6. The second kappa shape index (κ2) is 12.0. The van der Waals surface area contributed by atoms with Gasteiger partial charge in [0.15, 0.2) is 5.96 Å². The standard InChI is InChI=1S/C24H30ClFN6O3/c1-29-11-13-4-6-16-17(9-13)15(3-2-8-33)18(12-30-24(27)28)21(16)32-23(35)22(34)31-14-5-7-19(25)20(26)10-14/h4-7,9-10,15,18,21,29,33H,2-3,8,11-12H2,1H3,(H,31,34)(H,32,35)(H4,27,28,30)/t15-,18+,21+/m1/s1. The summed E-state index contributed by atoms with van der Waals surface area (Å²) in [5.41, 5.74) is 14.2. The molecule has 0 unspecified atom stereocenters. The van der Waals surface area contributed by atoms with Crippen LogP contribution in [-0.2, 0) is 16.1 Å². The normalized spacial score (nSPS) is 18.6. The zero-order chi connectivity index (χ0) is 25.5. The molecule has 0 spiro atoms. The molecule has 1 aliphatic rings. The van der Waals surface area contributed by atoms with Gasteiger partial charge in [-0.15, -0.1) is 0 Å². The lowest BCUT2D eigenvalue weighted by Gasteiger charge is -2.25. The number of carbonyl (C=O) groups excluding carboxylic acids is 2. The van der Waals surface area contributed by atoms with Gasteiger partial charge in [0.2, 0.25) is 0 Å². The number of nitrogens with one attached hydrogen (secondary N) is 3. The minimum atomic E-state index is -0.945. The Balaban J connectivity index is 1.89. The number of aliphatic hydroxyl groups excluding tert-OH is 1. The summed E-state index contributed by atoms with van der Waals surface area (Å²) in [6.45, 7) is 0.910. The van der Waals surface area contributed by atoms with Crippen LogP contribution in [0.4, 0.5) is 10.1 Å². The fraction of sp³-hybridized carbons (Fsp3) is 0.375. The molecule has 35 heavy (non-hydrogen) atoms. The number of carbonyl (C=O) groups is 2. The number of hydrogen-bond donors (Lipinski definition) is 6. The number of rotatable bonds is 9. The van der Waals surface area contributed by atoms with Crippen molar-refractivity contribution < 1.29 is 19.1 Å². The van der Waals surface area contributed by atoms with E-state index in [1.807, 2.05) is 19.2 Å². The monoisotopic (exact) mass is 504 g/mol. The van der Waals surface area contributed by atoms with Crippen molar-refractivity contribution in [1.82, 2.24) is 10.6 Å². The SMILES string of the molecule is CNCc1ccc2c(c1)[C@@H](CCCO)[C@H](CN=C(N)N)[C@H]2NC(=O)C(=O)Nc1ccc(Cl)c(F)c1. The average Bonchev–Trinajstić information content (AvgIpc) is 3.10. The lowest BCUT2D eigenvalue weighted by atomic mass is 9.86. The number of benzene rings is 2. The van der Waals surface area contributed by atoms with Crippen molar-refractivity contribution in [3.63, 3.8) is 0 Å². The topological polar surface area (TPSA) is 155 Å². The second-order valence-corrected chi connectivity index (χ2v) is 8.84. The zero-order valence-electron chi connectivity index (χ0n) is 19.4. The minimum Gasteiger partial charge on any atom is -0.396 e. The molecular weight excluding hydrogens is 475 g/mol. The molecule has 11 heteroatoms. The van der Waals surface area contributed by atoms with E-state index < -0.39 is 23.7 Å². The first-order valence-electron chi connectivity index (χ1n) is 11.3. The van der Waals surface area contributed by atoms with Gasteiger partial charge in [-0.1, -0.05) is 29.8 Å². The predicted molar refractivity (Wildman–Crippen MR) is 133 cm³/mol. The summed E-state index contributed by atoms with van der Waals surface area (Å²) >= 11 is 5.67. The first kappa shape index (κ1) is 26.4. The van der Waals surface area contributed by atoms with Crippen molar-refractivity contribution in [3.8, 4) is 0 Å². The van der Waals surface area contributed by atoms with Gasteiger partial charge in [0.1, 0.15) is 5.82 Å². The summed E-state index contributed by atoms with van der Waals surface area (Å²) in [7, 11) is 1.85. The van der Waals surface area contributed by atoms with E-state index in [4.69, 9.17) is 23.1 Å². The number of hydrogen-bond acceptors (Lipinski definition) is 5. The number of amides is 2. The van der Waals surface area contributed by atoms with E-state index in [9.17, 15) is 19.1 Å². The maximum absolute atomic E-state index is 13.7. The Morgan fingerprint density at radius 3 is 2.57 bits per heavy atom. The van der Waals surface area contributed by atoms with E-state index in [-0.39, 0.29) is 41.7 Å². The second-order valence-electron chi connectivity index (χ2n) is 8.43. The van der Waals surface area contributed by atoms with Crippen LogP contribution in [0.5, 0.6) is 0 Å². The van der Waals surface area contributed by atoms with Crippen LogP contribution < -0.4 is 27.4 Å². The number of nitrogens with zero attached hydrogens (tertiary/aromatic N) is 1. The molecule has 0 saturated carbocycles. The van der Waals surface area contributed by atoms with Crippen molar-refractivity contribution in [3.05, 3.63) is 63.9 Å². The van der Waals surface area contributed by atoms with Crippen LogP contribution in [0.3, 0.4) is 0 Å². The smallest absolute Gasteiger partial charge is 0.313 e.